The van der Waals surface area contributed by atoms with Gasteiger partial charge in [0.2, 0.25) is 0 Å². The van der Waals surface area contributed by atoms with Crippen molar-refractivity contribution in [1.29, 1.82) is 0 Å². The van der Waals surface area contributed by atoms with Crippen molar-refractivity contribution in [3.8, 4) is 0 Å². The van der Waals surface area contributed by atoms with E-state index in [2.05, 4.69) is 10.3 Å². The number of amides is 1. The Kier molecular flexibility index (Phi) is 4.60. The van der Waals surface area contributed by atoms with Crippen LogP contribution in [0.3, 0.4) is 0 Å². The normalized spacial score (nSPS) is 10.0. The number of hydrogen-bond acceptors (Lipinski definition) is 3. The molecule has 1 heterocycles. The number of ether oxygens (including phenoxy) is 1. The molecule has 0 fully saturated rings. The Morgan fingerprint density at radius 3 is 2.58 bits per heavy atom. The second kappa shape index (κ2) is 6.41. The SMILES string of the molecule is O=C(Nc1ccc(Cl)nc1Cl)OCc1ccccc1. The fourth-order valence-corrected chi connectivity index (χ4v) is 1.77. The van der Waals surface area contributed by atoms with Crippen LogP contribution in [-0.2, 0) is 11.3 Å². The zero-order chi connectivity index (χ0) is 13.7. The molecule has 0 aliphatic rings. The Labute approximate surface area is 120 Å². The van der Waals surface area contributed by atoms with E-state index >= 15 is 0 Å². The molecule has 1 N–H and O–H groups in total. The predicted octanol–water partition coefficient (Wildman–Crippen LogP) is 4.14. The molecule has 0 bridgehead atoms. The van der Waals surface area contributed by atoms with Gasteiger partial charge in [0.1, 0.15) is 11.8 Å². The van der Waals surface area contributed by atoms with Crippen molar-refractivity contribution in [2.24, 2.45) is 0 Å². The van der Waals surface area contributed by atoms with Gasteiger partial charge in [-0.25, -0.2) is 9.78 Å². The number of carbonyl (C=O) groups excluding carboxylic acids is 1. The number of nitrogens with one attached hydrogen (secondary N) is 1. The van der Waals surface area contributed by atoms with Gasteiger partial charge < -0.3 is 4.74 Å². The van der Waals surface area contributed by atoms with E-state index in [1.54, 1.807) is 6.07 Å². The number of rotatable bonds is 3. The Hall–Kier alpha value is -1.78. The topological polar surface area (TPSA) is 51.2 Å². The van der Waals surface area contributed by atoms with Crippen molar-refractivity contribution in [1.82, 2.24) is 4.98 Å². The fourth-order valence-electron chi connectivity index (χ4n) is 1.37. The van der Waals surface area contributed by atoms with Gasteiger partial charge in [-0.05, 0) is 17.7 Å². The van der Waals surface area contributed by atoms with Gasteiger partial charge in [0.05, 0.1) is 5.69 Å². The lowest BCUT2D eigenvalue weighted by Crippen LogP contribution is -2.14. The van der Waals surface area contributed by atoms with E-state index in [9.17, 15) is 4.79 Å². The fraction of sp³-hybridized carbons (Fsp3) is 0.0769. The standard InChI is InChI=1S/C13H10Cl2N2O2/c14-11-7-6-10(12(15)17-11)16-13(18)19-8-9-4-2-1-3-5-9/h1-7H,8H2,(H,16,18). The second-order valence-corrected chi connectivity index (χ2v) is 4.40. The first-order valence-electron chi connectivity index (χ1n) is 5.45. The van der Waals surface area contributed by atoms with Gasteiger partial charge in [0, 0.05) is 0 Å². The highest BCUT2D eigenvalue weighted by atomic mass is 35.5. The van der Waals surface area contributed by atoms with Crippen LogP contribution in [0.2, 0.25) is 10.3 Å². The molecule has 4 nitrogen and oxygen atoms in total. The Morgan fingerprint density at radius 1 is 1.16 bits per heavy atom. The zero-order valence-corrected chi connectivity index (χ0v) is 11.3. The second-order valence-electron chi connectivity index (χ2n) is 3.66. The summed E-state index contributed by atoms with van der Waals surface area (Å²) in [7, 11) is 0. The van der Waals surface area contributed by atoms with E-state index in [0.717, 1.165) is 5.56 Å². The molecule has 2 rings (SSSR count). The third-order valence-electron chi connectivity index (χ3n) is 2.26. The Balaban J connectivity index is 1.91. The van der Waals surface area contributed by atoms with E-state index < -0.39 is 6.09 Å². The maximum Gasteiger partial charge on any atom is 0.412 e. The lowest BCUT2D eigenvalue weighted by Gasteiger charge is -2.08. The van der Waals surface area contributed by atoms with Gasteiger partial charge in [-0.3, -0.25) is 5.32 Å². The number of benzene rings is 1. The van der Waals surface area contributed by atoms with Crippen LogP contribution in [-0.4, -0.2) is 11.1 Å². The van der Waals surface area contributed by atoms with Crippen LogP contribution in [0.4, 0.5) is 10.5 Å². The van der Waals surface area contributed by atoms with Crippen LogP contribution in [0.25, 0.3) is 0 Å². The van der Waals surface area contributed by atoms with Crippen molar-refractivity contribution in [3.05, 3.63) is 58.3 Å². The summed E-state index contributed by atoms with van der Waals surface area (Å²) < 4.78 is 5.05. The monoisotopic (exact) mass is 296 g/mol. The molecular weight excluding hydrogens is 287 g/mol. The largest absolute Gasteiger partial charge is 0.444 e. The molecule has 1 aromatic heterocycles. The molecule has 0 aliphatic carbocycles. The zero-order valence-electron chi connectivity index (χ0n) is 9.77. The van der Waals surface area contributed by atoms with Crippen LogP contribution >= 0.6 is 23.2 Å². The van der Waals surface area contributed by atoms with Crippen molar-refractivity contribution in [2.75, 3.05) is 5.32 Å². The minimum Gasteiger partial charge on any atom is -0.444 e. The van der Waals surface area contributed by atoms with Crippen molar-refractivity contribution >= 4 is 35.0 Å². The highest BCUT2D eigenvalue weighted by molar-refractivity contribution is 6.34. The van der Waals surface area contributed by atoms with Gasteiger partial charge in [-0.15, -0.1) is 0 Å². The van der Waals surface area contributed by atoms with Gasteiger partial charge in [0.15, 0.2) is 5.15 Å². The molecule has 0 aliphatic heterocycles. The lowest BCUT2D eigenvalue weighted by molar-refractivity contribution is 0.155. The number of hydrogen-bond donors (Lipinski definition) is 1. The van der Waals surface area contributed by atoms with Crippen LogP contribution in [0.15, 0.2) is 42.5 Å². The minimum absolute atomic E-state index is 0.115. The van der Waals surface area contributed by atoms with Crippen LogP contribution in [0.1, 0.15) is 5.56 Å². The maximum atomic E-state index is 11.6. The average Bonchev–Trinajstić information content (AvgIpc) is 2.41. The first-order chi connectivity index (χ1) is 9.15. The number of anilines is 1. The Bertz CT molecular complexity index is 576. The van der Waals surface area contributed by atoms with E-state index in [4.69, 9.17) is 27.9 Å². The molecule has 2 aromatic rings. The van der Waals surface area contributed by atoms with Gasteiger partial charge in [-0.2, -0.15) is 0 Å². The summed E-state index contributed by atoms with van der Waals surface area (Å²) in [6, 6.07) is 12.5. The molecule has 0 unspecified atom stereocenters. The third kappa shape index (κ3) is 4.12. The molecular formula is C13H10Cl2N2O2. The lowest BCUT2D eigenvalue weighted by atomic mass is 10.2. The summed E-state index contributed by atoms with van der Waals surface area (Å²) >= 11 is 11.5. The first kappa shape index (κ1) is 13.6. The highest BCUT2D eigenvalue weighted by Gasteiger charge is 2.08. The third-order valence-corrected chi connectivity index (χ3v) is 2.76. The molecule has 19 heavy (non-hydrogen) atoms. The average molecular weight is 297 g/mol. The maximum absolute atomic E-state index is 11.6. The molecule has 0 saturated carbocycles. The molecule has 0 spiro atoms. The number of carbonyl (C=O) groups is 1. The number of nitrogens with zero attached hydrogens (tertiary/aromatic N) is 1. The molecule has 6 heteroatoms. The van der Waals surface area contributed by atoms with Crippen molar-refractivity contribution in [2.45, 2.75) is 6.61 Å². The van der Waals surface area contributed by atoms with E-state index in [-0.39, 0.29) is 16.9 Å². The summed E-state index contributed by atoms with van der Waals surface area (Å²) in [5, 5.41) is 2.87. The van der Waals surface area contributed by atoms with Gasteiger partial charge >= 0.3 is 6.09 Å². The quantitative estimate of drug-likeness (QED) is 0.866. The van der Waals surface area contributed by atoms with Crippen molar-refractivity contribution < 1.29 is 9.53 Å². The molecule has 0 radical (unpaired) electrons. The minimum atomic E-state index is -0.602. The van der Waals surface area contributed by atoms with Crippen molar-refractivity contribution in [3.63, 3.8) is 0 Å². The number of halogens is 2. The first-order valence-corrected chi connectivity index (χ1v) is 6.20. The van der Waals surface area contributed by atoms with E-state index in [1.165, 1.54) is 6.07 Å². The summed E-state index contributed by atoms with van der Waals surface area (Å²) in [6.45, 7) is 0.186. The van der Waals surface area contributed by atoms with E-state index in [1.807, 2.05) is 30.3 Å². The number of pyridine rings is 1. The van der Waals surface area contributed by atoms with E-state index in [0.29, 0.717) is 5.69 Å². The molecule has 0 atom stereocenters. The number of aromatic nitrogens is 1. The van der Waals surface area contributed by atoms with Crippen LogP contribution < -0.4 is 5.32 Å². The predicted molar refractivity (Wildman–Crippen MR) is 74.5 cm³/mol. The highest BCUT2D eigenvalue weighted by Crippen LogP contribution is 2.21. The molecule has 1 aromatic carbocycles. The summed E-state index contributed by atoms with van der Waals surface area (Å²) in [6.07, 6.45) is -0.602. The van der Waals surface area contributed by atoms with Gasteiger partial charge in [0.25, 0.3) is 0 Å². The smallest absolute Gasteiger partial charge is 0.412 e. The van der Waals surface area contributed by atoms with Crippen LogP contribution in [0, 0.1) is 0 Å². The summed E-state index contributed by atoms with van der Waals surface area (Å²) in [5.74, 6) is 0. The summed E-state index contributed by atoms with van der Waals surface area (Å²) in [4.78, 5) is 15.4. The van der Waals surface area contributed by atoms with Crippen LogP contribution in [0.5, 0.6) is 0 Å². The molecule has 0 saturated heterocycles. The summed E-state index contributed by atoms with van der Waals surface area (Å²) in [5.41, 5.74) is 1.25. The van der Waals surface area contributed by atoms with Gasteiger partial charge in [-0.1, -0.05) is 53.5 Å². The molecule has 98 valence electrons. The molecule has 1 amide bonds. The Morgan fingerprint density at radius 2 is 1.89 bits per heavy atom.